The van der Waals surface area contributed by atoms with Gasteiger partial charge in [-0.2, -0.15) is 0 Å². The molecule has 0 radical (unpaired) electrons. The first kappa shape index (κ1) is 19.5. The number of carbonyl (C=O) groups is 1. The second-order valence-electron chi connectivity index (χ2n) is 2.70. The van der Waals surface area contributed by atoms with Gasteiger partial charge in [0.1, 0.15) is 6.29 Å². The van der Waals surface area contributed by atoms with E-state index in [2.05, 4.69) is 25.7 Å². The summed E-state index contributed by atoms with van der Waals surface area (Å²) in [6.07, 6.45) is 7.55. The topological polar surface area (TPSA) is 17.1 Å². The monoisotopic (exact) mass is 210 g/mol. The number of hydrogen-bond donors (Lipinski definition) is 0. The SMILES string of the molecule is C=C/C(C)=C\C(C)=C/C.CC.CCC=O. The molecule has 0 aromatic heterocycles. The molecule has 0 heterocycles. The van der Waals surface area contributed by atoms with Crippen LogP contribution >= 0.6 is 0 Å². The largest absolute Gasteiger partial charge is 0.303 e. The van der Waals surface area contributed by atoms with Crippen molar-refractivity contribution in [2.24, 2.45) is 0 Å². The van der Waals surface area contributed by atoms with Crippen LogP contribution in [-0.4, -0.2) is 6.29 Å². The van der Waals surface area contributed by atoms with Crippen LogP contribution in [0, 0.1) is 0 Å². The van der Waals surface area contributed by atoms with Gasteiger partial charge < -0.3 is 4.79 Å². The Bertz CT molecular complexity index is 197. The minimum atomic E-state index is 0.639. The van der Waals surface area contributed by atoms with E-state index in [0.29, 0.717) is 6.42 Å². The highest BCUT2D eigenvalue weighted by atomic mass is 16.1. The highest BCUT2D eigenvalue weighted by Gasteiger charge is 1.79. The molecule has 15 heavy (non-hydrogen) atoms. The van der Waals surface area contributed by atoms with Crippen molar-refractivity contribution >= 4 is 6.29 Å². The molecule has 1 nitrogen and oxygen atoms in total. The van der Waals surface area contributed by atoms with Gasteiger partial charge in [0.05, 0.1) is 0 Å². The number of carbonyl (C=O) groups excluding carboxylic acids is 1. The molecule has 0 atom stereocenters. The normalized spacial score (nSPS) is 10.3. The van der Waals surface area contributed by atoms with Crippen LogP contribution in [0.2, 0.25) is 0 Å². The molecule has 0 N–H and O–H groups in total. The number of hydrogen-bond acceptors (Lipinski definition) is 1. The average molecular weight is 210 g/mol. The minimum Gasteiger partial charge on any atom is -0.303 e. The first-order valence-corrected chi connectivity index (χ1v) is 5.49. The van der Waals surface area contributed by atoms with Crippen molar-refractivity contribution in [3.63, 3.8) is 0 Å². The van der Waals surface area contributed by atoms with Crippen LogP contribution in [-0.2, 0) is 4.79 Å². The van der Waals surface area contributed by atoms with Crippen molar-refractivity contribution < 1.29 is 4.79 Å². The Hall–Kier alpha value is -1.11. The van der Waals surface area contributed by atoms with Gasteiger partial charge in [-0.05, 0) is 20.8 Å². The number of allylic oxidation sites excluding steroid dienone is 5. The van der Waals surface area contributed by atoms with Crippen molar-refractivity contribution in [2.75, 3.05) is 0 Å². The lowest BCUT2D eigenvalue weighted by atomic mass is 10.2. The van der Waals surface area contributed by atoms with Crippen molar-refractivity contribution in [1.29, 1.82) is 0 Å². The molecule has 0 amide bonds. The van der Waals surface area contributed by atoms with Crippen LogP contribution < -0.4 is 0 Å². The van der Waals surface area contributed by atoms with E-state index in [1.807, 2.05) is 40.7 Å². The fraction of sp³-hybridized carbons (Fsp3) is 0.500. The lowest BCUT2D eigenvalue weighted by Crippen LogP contribution is -1.69. The molecular formula is C14H26O. The Morgan fingerprint density at radius 2 is 1.60 bits per heavy atom. The highest BCUT2D eigenvalue weighted by molar-refractivity contribution is 5.48. The van der Waals surface area contributed by atoms with Crippen molar-refractivity contribution in [1.82, 2.24) is 0 Å². The van der Waals surface area contributed by atoms with E-state index in [9.17, 15) is 4.79 Å². The third-order valence-electron chi connectivity index (χ3n) is 1.40. The lowest BCUT2D eigenvalue weighted by molar-refractivity contribution is -0.107. The maximum atomic E-state index is 9.17. The summed E-state index contributed by atoms with van der Waals surface area (Å²) in [4.78, 5) is 9.17. The Kier molecular flexibility index (Phi) is 24.2. The molecule has 0 saturated carbocycles. The standard InChI is InChI=1S/C9H14.C3H6O.C2H6/c1-5-8(3)7-9(4)6-2;1-2-3-4;1-2/h5-7H,1H2,2-4H3;3H,2H2,1H3;1-2H3/b8-7-,9-6-;;. The summed E-state index contributed by atoms with van der Waals surface area (Å²) in [5.74, 6) is 0. The predicted octanol–water partition coefficient (Wildman–Crippen LogP) is 4.71. The predicted molar refractivity (Wildman–Crippen MR) is 71.1 cm³/mol. The van der Waals surface area contributed by atoms with Crippen molar-refractivity contribution in [3.8, 4) is 0 Å². The van der Waals surface area contributed by atoms with Crippen molar-refractivity contribution in [2.45, 2.75) is 48.0 Å². The first-order valence-electron chi connectivity index (χ1n) is 5.49. The molecule has 0 unspecified atom stereocenters. The van der Waals surface area contributed by atoms with Gasteiger partial charge in [-0.1, -0.05) is 56.7 Å². The molecule has 0 aliphatic carbocycles. The quantitative estimate of drug-likeness (QED) is 0.487. The van der Waals surface area contributed by atoms with Crippen LogP contribution in [0.25, 0.3) is 0 Å². The van der Waals surface area contributed by atoms with E-state index in [-0.39, 0.29) is 0 Å². The molecule has 0 aromatic carbocycles. The van der Waals surface area contributed by atoms with Gasteiger partial charge in [-0.25, -0.2) is 0 Å². The Labute approximate surface area is 95.6 Å². The Balaban J connectivity index is -0.000000202. The lowest BCUT2D eigenvalue weighted by Gasteiger charge is -1.90. The molecule has 0 bridgehead atoms. The highest BCUT2D eigenvalue weighted by Crippen LogP contribution is 2.00. The third-order valence-corrected chi connectivity index (χ3v) is 1.40. The summed E-state index contributed by atoms with van der Waals surface area (Å²) in [6.45, 7) is 15.6. The van der Waals surface area contributed by atoms with Gasteiger partial charge in [0, 0.05) is 6.42 Å². The van der Waals surface area contributed by atoms with Crippen LogP contribution in [0.3, 0.4) is 0 Å². The molecule has 0 aromatic rings. The zero-order valence-electron chi connectivity index (χ0n) is 11.1. The van der Waals surface area contributed by atoms with Crippen LogP contribution in [0.4, 0.5) is 0 Å². The molecule has 0 spiro atoms. The second kappa shape index (κ2) is 18.6. The van der Waals surface area contributed by atoms with E-state index in [0.717, 1.165) is 6.29 Å². The molecule has 0 saturated heterocycles. The molecular weight excluding hydrogens is 184 g/mol. The van der Waals surface area contributed by atoms with Gasteiger partial charge in [0.2, 0.25) is 0 Å². The minimum absolute atomic E-state index is 0.639. The maximum absolute atomic E-state index is 9.17. The molecule has 0 fully saturated rings. The Morgan fingerprint density at radius 1 is 1.20 bits per heavy atom. The van der Waals surface area contributed by atoms with Crippen molar-refractivity contribution in [3.05, 3.63) is 36.0 Å². The molecule has 88 valence electrons. The van der Waals surface area contributed by atoms with Gasteiger partial charge in [-0.3, -0.25) is 0 Å². The zero-order valence-corrected chi connectivity index (χ0v) is 11.1. The summed E-state index contributed by atoms with van der Waals surface area (Å²) in [5.41, 5.74) is 2.50. The molecule has 0 aliphatic heterocycles. The molecule has 0 aliphatic rings. The van der Waals surface area contributed by atoms with E-state index < -0.39 is 0 Å². The summed E-state index contributed by atoms with van der Waals surface area (Å²) < 4.78 is 0. The first-order chi connectivity index (χ1) is 7.12. The van der Waals surface area contributed by atoms with Gasteiger partial charge in [0.15, 0.2) is 0 Å². The smallest absolute Gasteiger partial charge is 0.119 e. The van der Waals surface area contributed by atoms with E-state index in [1.165, 1.54) is 11.1 Å². The van der Waals surface area contributed by atoms with Gasteiger partial charge >= 0.3 is 0 Å². The average Bonchev–Trinajstić information content (AvgIpc) is 2.31. The second-order valence-corrected chi connectivity index (χ2v) is 2.70. The summed E-state index contributed by atoms with van der Waals surface area (Å²) >= 11 is 0. The zero-order chi connectivity index (χ0) is 12.7. The van der Waals surface area contributed by atoms with E-state index in [1.54, 1.807) is 0 Å². The van der Waals surface area contributed by atoms with Gasteiger partial charge in [-0.15, -0.1) is 0 Å². The number of aldehydes is 1. The van der Waals surface area contributed by atoms with E-state index >= 15 is 0 Å². The van der Waals surface area contributed by atoms with Crippen LogP contribution in [0.5, 0.6) is 0 Å². The van der Waals surface area contributed by atoms with Gasteiger partial charge in [0.25, 0.3) is 0 Å². The molecule has 1 heteroatoms. The third kappa shape index (κ3) is 24.6. The maximum Gasteiger partial charge on any atom is 0.119 e. The van der Waals surface area contributed by atoms with E-state index in [4.69, 9.17) is 0 Å². The number of rotatable bonds is 3. The summed E-state index contributed by atoms with van der Waals surface area (Å²) in [7, 11) is 0. The van der Waals surface area contributed by atoms with Crippen LogP contribution in [0.1, 0.15) is 48.0 Å². The summed E-state index contributed by atoms with van der Waals surface area (Å²) in [5, 5.41) is 0. The molecule has 0 rings (SSSR count). The fourth-order valence-corrected chi connectivity index (χ4v) is 0.501. The summed E-state index contributed by atoms with van der Waals surface area (Å²) in [6, 6.07) is 0. The fourth-order valence-electron chi connectivity index (χ4n) is 0.501. The van der Waals surface area contributed by atoms with Crippen LogP contribution in [0.15, 0.2) is 36.0 Å². The Morgan fingerprint density at radius 3 is 1.80 bits per heavy atom.